The molecule has 0 aliphatic rings. The van der Waals surface area contributed by atoms with Crippen LogP contribution in [0.25, 0.3) is 0 Å². The van der Waals surface area contributed by atoms with Crippen molar-refractivity contribution in [1.82, 2.24) is 0 Å². The van der Waals surface area contributed by atoms with Gasteiger partial charge in [-0.3, -0.25) is 0 Å². The lowest BCUT2D eigenvalue weighted by molar-refractivity contribution is -0.543. The van der Waals surface area contributed by atoms with Gasteiger partial charge in [0.2, 0.25) is 5.76 Å². The van der Waals surface area contributed by atoms with E-state index in [2.05, 4.69) is 111 Å². The largest absolute Gasteiger partial charge is 0.488 e. The molecule has 0 bridgehead atoms. The number of hydrogen-bond acceptors (Lipinski definition) is 14. The zero-order chi connectivity index (χ0) is 59.2. The summed E-state index contributed by atoms with van der Waals surface area (Å²) in [5, 5.41) is 0. The molecule has 0 aliphatic carbocycles. The number of ether oxygens (including phenoxy) is 14. The third-order valence-corrected chi connectivity index (χ3v) is 12.9. The van der Waals surface area contributed by atoms with Gasteiger partial charge in [0.25, 0.3) is 11.6 Å². The first-order valence-electron chi connectivity index (χ1n) is 30.8. The van der Waals surface area contributed by atoms with Gasteiger partial charge in [0, 0.05) is 13.7 Å². The molecule has 8 unspecified atom stereocenters. The van der Waals surface area contributed by atoms with Crippen LogP contribution in [0.15, 0.2) is 11.7 Å². The van der Waals surface area contributed by atoms with Crippen molar-refractivity contribution in [3.63, 3.8) is 0 Å². The van der Waals surface area contributed by atoms with Crippen molar-refractivity contribution in [3.8, 4) is 0 Å². The van der Waals surface area contributed by atoms with Gasteiger partial charge in [-0.2, -0.15) is 0 Å². The summed E-state index contributed by atoms with van der Waals surface area (Å²) in [6, 6.07) is 0. The van der Waals surface area contributed by atoms with Crippen molar-refractivity contribution in [2.24, 2.45) is 29.1 Å². The second-order valence-corrected chi connectivity index (χ2v) is 25.1. The summed E-state index contributed by atoms with van der Waals surface area (Å²) < 4.78 is 103. The maximum atomic E-state index is 7.80. The fraction of sp³-hybridized carbons (Fsp3) is 0.968. The molecule has 0 rings (SSSR count). The van der Waals surface area contributed by atoms with Crippen LogP contribution in [-0.4, -0.2) is 120 Å². The van der Waals surface area contributed by atoms with E-state index in [9.17, 15) is 0 Å². The van der Waals surface area contributed by atoms with E-state index in [0.717, 1.165) is 44.9 Å². The van der Waals surface area contributed by atoms with Crippen molar-refractivity contribution >= 4 is 0 Å². The molecule has 0 aliphatic heterocycles. The van der Waals surface area contributed by atoms with Crippen LogP contribution in [0.1, 0.15) is 250 Å². The summed E-state index contributed by atoms with van der Waals surface area (Å²) in [5.41, 5.74) is -3.27. The summed E-state index contributed by atoms with van der Waals surface area (Å²) in [4.78, 5) is 0. The van der Waals surface area contributed by atoms with Crippen LogP contribution in [-0.2, 0) is 66.3 Å². The van der Waals surface area contributed by atoms with E-state index in [4.69, 9.17) is 66.3 Å². The van der Waals surface area contributed by atoms with Gasteiger partial charge in [0.1, 0.15) is 6.10 Å². The van der Waals surface area contributed by atoms with Gasteiger partial charge in [-0.1, -0.05) is 156 Å². The summed E-state index contributed by atoms with van der Waals surface area (Å²) >= 11 is 0. The third kappa shape index (κ3) is 24.6. The van der Waals surface area contributed by atoms with Crippen molar-refractivity contribution in [2.45, 2.75) is 303 Å². The molecule has 0 aromatic carbocycles. The Morgan fingerprint density at radius 1 is 0.494 bits per heavy atom. The fourth-order valence-corrected chi connectivity index (χ4v) is 8.42. The predicted octanol–water partition coefficient (Wildman–Crippen LogP) is 16.3. The van der Waals surface area contributed by atoms with Gasteiger partial charge in [0.05, 0.1) is 70.7 Å². The van der Waals surface area contributed by atoms with Crippen LogP contribution < -0.4 is 0 Å². The molecule has 14 nitrogen and oxygen atoms in total. The Hall–Kier alpha value is -1.30. The molecule has 0 saturated heterocycles. The van der Waals surface area contributed by atoms with Crippen molar-refractivity contribution in [3.05, 3.63) is 11.7 Å². The molecule has 462 valence electrons. The van der Waals surface area contributed by atoms with Crippen LogP contribution in [0, 0.1) is 29.1 Å². The lowest BCUT2D eigenvalue weighted by Gasteiger charge is -2.57. The Bertz CT molecular complexity index is 1510. The Balaban J connectivity index is 10.8. The lowest BCUT2D eigenvalue weighted by Crippen LogP contribution is -2.76. The minimum absolute atomic E-state index is 0.0234. The topological polar surface area (TPSA) is 129 Å². The monoisotopic (exact) mass is 1110 g/mol. The third-order valence-electron chi connectivity index (χ3n) is 12.9. The Morgan fingerprint density at radius 2 is 1.09 bits per heavy atom. The molecule has 0 saturated carbocycles. The van der Waals surface area contributed by atoms with Crippen molar-refractivity contribution in [2.75, 3.05) is 66.6 Å². The fourth-order valence-electron chi connectivity index (χ4n) is 8.42. The zero-order valence-electron chi connectivity index (χ0n) is 54.8. The SMILES string of the molecule is CCCCCCOC(OC(OCCCC)(OC(C)C)C(OCC)(OCCC)C(OC)C(C)C)=C(OCC(C)(C)C)C(C)(OCC(C)CC)C(OCCCCC)(OCCC(C)C)C(OCC(C)C)(OC(C)CC)OC(C)(C)C. The number of rotatable bonds is 48. The van der Waals surface area contributed by atoms with E-state index in [0.29, 0.717) is 38.5 Å². The average Bonchev–Trinajstić information content (AvgIpc) is 3.33. The van der Waals surface area contributed by atoms with E-state index in [-0.39, 0.29) is 94.8 Å². The van der Waals surface area contributed by atoms with Crippen molar-refractivity contribution < 1.29 is 66.3 Å². The van der Waals surface area contributed by atoms with Crippen molar-refractivity contribution in [1.29, 1.82) is 0 Å². The minimum atomic E-state index is -2.23. The molecular formula is C63H126O14. The summed E-state index contributed by atoms with van der Waals surface area (Å²) in [6.07, 6.45) is 8.57. The summed E-state index contributed by atoms with van der Waals surface area (Å²) in [7, 11) is 1.65. The maximum absolute atomic E-state index is 7.80. The highest BCUT2D eigenvalue weighted by atomic mass is 16.9. The van der Waals surface area contributed by atoms with Gasteiger partial charge in [0.15, 0.2) is 5.60 Å². The minimum Gasteiger partial charge on any atom is -0.488 e. The Morgan fingerprint density at radius 3 is 1.58 bits per heavy atom. The highest BCUT2D eigenvalue weighted by Crippen LogP contribution is 2.53. The molecule has 0 heterocycles. The predicted molar refractivity (Wildman–Crippen MR) is 312 cm³/mol. The highest BCUT2D eigenvalue weighted by molar-refractivity contribution is 5.22. The normalized spacial score (nSPS) is 18.4. The molecule has 8 atom stereocenters. The maximum Gasteiger partial charge on any atom is 0.390 e. The van der Waals surface area contributed by atoms with E-state index in [1.54, 1.807) is 7.11 Å². The standard InChI is InChI=1S/C63H126O14/c1-26-33-36-38-41-65-56(76-62(74-51(14)15,71-42-35-28-3)60(67-32-7,68-40-29-4)54(64-25)50(12)13)55(66-47-57(18,19)20)59(24,72-46-52(16)30-5)61(69-43-37-34-27-2,70-44-39-48(8)9)63(73-45-49(10)11,75-53(17)31-6)77-58(21,22)23/h48-54H,26-47H2,1-25H3. The second kappa shape index (κ2) is 37.7. The van der Waals surface area contributed by atoms with Crippen LogP contribution in [0.5, 0.6) is 0 Å². The van der Waals surface area contributed by atoms with Crippen LogP contribution >= 0.6 is 0 Å². The van der Waals surface area contributed by atoms with E-state index in [1.165, 1.54) is 0 Å². The van der Waals surface area contributed by atoms with Gasteiger partial charge < -0.3 is 66.3 Å². The van der Waals surface area contributed by atoms with Gasteiger partial charge in [-0.15, -0.1) is 0 Å². The van der Waals surface area contributed by atoms with Gasteiger partial charge in [-0.05, 0) is 123 Å². The van der Waals surface area contributed by atoms with Gasteiger partial charge in [-0.25, -0.2) is 0 Å². The molecule has 0 spiro atoms. The lowest BCUT2D eigenvalue weighted by atomic mass is 9.87. The van der Waals surface area contributed by atoms with E-state index in [1.807, 2.05) is 55.4 Å². The molecule has 0 amide bonds. The quantitative estimate of drug-likeness (QED) is 0.0325. The molecule has 0 fully saturated rings. The molecule has 0 N–H and O–H groups in total. The van der Waals surface area contributed by atoms with Crippen LogP contribution in [0.3, 0.4) is 0 Å². The molecule has 0 aromatic rings. The smallest absolute Gasteiger partial charge is 0.390 e. The Kier molecular flexibility index (Phi) is 37.1. The molecule has 14 heteroatoms. The first-order valence-corrected chi connectivity index (χ1v) is 30.8. The molecule has 0 aromatic heterocycles. The highest BCUT2D eigenvalue weighted by Gasteiger charge is 2.75. The molecular weight excluding hydrogens is 981 g/mol. The number of methoxy groups -OCH3 is 1. The summed E-state index contributed by atoms with van der Waals surface area (Å²) in [6.45, 7) is 51.5. The van der Waals surface area contributed by atoms with E-state index >= 15 is 0 Å². The number of unbranched alkanes of at least 4 members (excludes halogenated alkanes) is 6. The van der Waals surface area contributed by atoms with Crippen LogP contribution in [0.2, 0.25) is 0 Å². The average molecular weight is 1110 g/mol. The number of hydrogen-bond donors (Lipinski definition) is 0. The molecule has 0 radical (unpaired) electrons. The first kappa shape index (κ1) is 75.7. The zero-order valence-corrected chi connectivity index (χ0v) is 54.8. The second-order valence-electron chi connectivity index (χ2n) is 25.1. The van der Waals surface area contributed by atoms with Crippen LogP contribution in [0.4, 0.5) is 0 Å². The van der Waals surface area contributed by atoms with Gasteiger partial charge >= 0.3 is 17.9 Å². The Labute approximate surface area is 474 Å². The van der Waals surface area contributed by atoms with E-state index < -0.39 is 58.4 Å². The summed E-state index contributed by atoms with van der Waals surface area (Å²) in [5.74, 6) is -8.31. The molecule has 77 heavy (non-hydrogen) atoms. The first-order chi connectivity index (χ1) is 36.0.